The Bertz CT molecular complexity index is 1650. The Morgan fingerprint density at radius 2 is 1.00 bits per heavy atom. The van der Waals surface area contributed by atoms with Crippen LogP contribution in [0, 0.1) is 0 Å². The molecule has 0 fully saturated rings. The third-order valence-electron chi connectivity index (χ3n) is 6.06. The molecule has 3 nitrogen and oxygen atoms in total. The van der Waals surface area contributed by atoms with E-state index >= 15 is 0 Å². The maximum Gasteiger partial charge on any atom is 0.226 e. The molecule has 6 rings (SSSR count). The minimum absolute atomic E-state index is 0.174. The van der Waals surface area contributed by atoms with Gasteiger partial charge in [0.1, 0.15) is 0 Å². The third-order valence-corrected chi connectivity index (χ3v) is 6.23. The summed E-state index contributed by atoms with van der Waals surface area (Å²) in [5.41, 5.74) is 6.32. The normalized spacial score (nSPS) is 11.0. The molecule has 0 aliphatic heterocycles. The highest BCUT2D eigenvalue weighted by Gasteiger charge is 2.14. The van der Waals surface area contributed by atoms with Crippen LogP contribution in [0.2, 0.25) is 5.28 Å². The van der Waals surface area contributed by atoms with E-state index < -0.39 is 0 Å². The van der Waals surface area contributed by atoms with Crippen LogP contribution < -0.4 is 0 Å². The van der Waals surface area contributed by atoms with Gasteiger partial charge in [0.05, 0.1) is 0 Å². The molecule has 0 radical (unpaired) electrons. The maximum absolute atomic E-state index is 6.34. The molecule has 0 saturated heterocycles. The fraction of sp³-hybridized carbons (Fsp3) is 0. The van der Waals surface area contributed by atoms with Crippen LogP contribution in [0.5, 0.6) is 0 Å². The summed E-state index contributed by atoms with van der Waals surface area (Å²) in [7, 11) is 0. The van der Waals surface area contributed by atoms with E-state index in [0.29, 0.717) is 11.6 Å². The van der Waals surface area contributed by atoms with Crippen molar-refractivity contribution in [2.24, 2.45) is 0 Å². The Balaban J connectivity index is 1.54. The first-order valence-electron chi connectivity index (χ1n) is 11.4. The van der Waals surface area contributed by atoms with Crippen LogP contribution in [0.4, 0.5) is 0 Å². The number of rotatable bonds is 4. The SMILES string of the molecule is Clc1nc(-c2ccccc2)nc(-c2ccc(-c3ccccc3)c(-c3ccc4ccccc4c3)c2)n1. The van der Waals surface area contributed by atoms with Crippen molar-refractivity contribution in [1.82, 2.24) is 15.0 Å². The summed E-state index contributed by atoms with van der Waals surface area (Å²) in [6.45, 7) is 0. The summed E-state index contributed by atoms with van der Waals surface area (Å²) in [6.07, 6.45) is 0. The van der Waals surface area contributed by atoms with Crippen molar-refractivity contribution in [2.45, 2.75) is 0 Å². The third kappa shape index (κ3) is 4.30. The van der Waals surface area contributed by atoms with Crippen molar-refractivity contribution in [3.63, 3.8) is 0 Å². The Labute approximate surface area is 208 Å². The Hall–Kier alpha value is -4.34. The molecular formula is C31H20ClN3. The average molecular weight is 470 g/mol. The molecular weight excluding hydrogens is 450 g/mol. The first-order valence-corrected chi connectivity index (χ1v) is 11.8. The van der Waals surface area contributed by atoms with Gasteiger partial charge in [-0.05, 0) is 56.8 Å². The highest BCUT2D eigenvalue weighted by Crippen LogP contribution is 2.36. The monoisotopic (exact) mass is 469 g/mol. The second-order valence-electron chi connectivity index (χ2n) is 8.31. The molecule has 0 atom stereocenters. The van der Waals surface area contributed by atoms with Crippen LogP contribution in [0.25, 0.3) is 55.8 Å². The molecule has 0 aliphatic rings. The zero-order chi connectivity index (χ0) is 23.6. The second-order valence-corrected chi connectivity index (χ2v) is 8.64. The van der Waals surface area contributed by atoms with Gasteiger partial charge in [-0.1, -0.05) is 109 Å². The first-order chi connectivity index (χ1) is 17.2. The lowest BCUT2D eigenvalue weighted by Crippen LogP contribution is -1.98. The highest BCUT2D eigenvalue weighted by molar-refractivity contribution is 6.28. The van der Waals surface area contributed by atoms with Crippen LogP contribution in [0.3, 0.4) is 0 Å². The van der Waals surface area contributed by atoms with Gasteiger partial charge in [0.2, 0.25) is 5.28 Å². The van der Waals surface area contributed by atoms with Gasteiger partial charge in [-0.15, -0.1) is 0 Å². The van der Waals surface area contributed by atoms with E-state index in [4.69, 9.17) is 16.6 Å². The van der Waals surface area contributed by atoms with Gasteiger partial charge in [0, 0.05) is 11.1 Å². The van der Waals surface area contributed by atoms with Crippen molar-refractivity contribution in [3.05, 3.63) is 127 Å². The summed E-state index contributed by atoms with van der Waals surface area (Å²) in [6, 6.07) is 41.5. The predicted molar refractivity (Wildman–Crippen MR) is 144 cm³/mol. The molecule has 5 aromatic carbocycles. The molecule has 166 valence electrons. The predicted octanol–water partition coefficient (Wildman–Crippen LogP) is 8.35. The Morgan fingerprint density at radius 3 is 1.74 bits per heavy atom. The molecule has 0 aliphatic carbocycles. The summed E-state index contributed by atoms with van der Waals surface area (Å²) in [5, 5.41) is 2.59. The topological polar surface area (TPSA) is 38.7 Å². The lowest BCUT2D eigenvalue weighted by Gasteiger charge is -2.14. The number of fused-ring (bicyclic) bond motifs is 1. The summed E-state index contributed by atoms with van der Waals surface area (Å²) >= 11 is 6.34. The van der Waals surface area contributed by atoms with Crippen molar-refractivity contribution >= 4 is 22.4 Å². The minimum atomic E-state index is 0.174. The zero-order valence-corrected chi connectivity index (χ0v) is 19.5. The highest BCUT2D eigenvalue weighted by atomic mass is 35.5. The van der Waals surface area contributed by atoms with E-state index in [1.54, 1.807) is 0 Å². The molecule has 0 saturated carbocycles. The molecule has 1 heterocycles. The first kappa shape index (κ1) is 21.2. The average Bonchev–Trinajstić information content (AvgIpc) is 2.93. The van der Waals surface area contributed by atoms with Crippen molar-refractivity contribution in [2.75, 3.05) is 0 Å². The number of benzene rings is 5. The van der Waals surface area contributed by atoms with Gasteiger partial charge in [-0.2, -0.15) is 9.97 Å². The molecule has 0 spiro atoms. The second kappa shape index (κ2) is 9.13. The van der Waals surface area contributed by atoms with E-state index in [1.165, 1.54) is 10.8 Å². The van der Waals surface area contributed by atoms with Gasteiger partial charge in [0.25, 0.3) is 0 Å². The van der Waals surface area contributed by atoms with Gasteiger partial charge >= 0.3 is 0 Å². The van der Waals surface area contributed by atoms with Crippen molar-refractivity contribution < 1.29 is 0 Å². The molecule has 35 heavy (non-hydrogen) atoms. The quantitative estimate of drug-likeness (QED) is 0.260. The van der Waals surface area contributed by atoms with E-state index in [0.717, 1.165) is 33.4 Å². The standard InChI is InChI=1S/C31H20ClN3/c32-31-34-29(23-12-5-2-6-13-23)33-30(35-31)26-17-18-27(22-10-3-1-4-11-22)28(20-26)25-16-15-21-9-7-8-14-24(21)19-25/h1-20H. The summed E-state index contributed by atoms with van der Waals surface area (Å²) in [4.78, 5) is 13.6. The van der Waals surface area contributed by atoms with E-state index in [2.05, 4.69) is 88.8 Å². The summed E-state index contributed by atoms with van der Waals surface area (Å²) < 4.78 is 0. The van der Waals surface area contributed by atoms with Gasteiger partial charge in [-0.25, -0.2) is 4.98 Å². The number of hydrogen-bond donors (Lipinski definition) is 0. The molecule has 1 aromatic heterocycles. The lowest BCUT2D eigenvalue weighted by atomic mass is 9.91. The van der Waals surface area contributed by atoms with Gasteiger partial charge in [0.15, 0.2) is 11.6 Å². The van der Waals surface area contributed by atoms with Gasteiger partial charge in [-0.3, -0.25) is 0 Å². The number of hydrogen-bond acceptors (Lipinski definition) is 3. The Morgan fingerprint density at radius 1 is 0.400 bits per heavy atom. The van der Waals surface area contributed by atoms with Crippen LogP contribution in [0.1, 0.15) is 0 Å². The molecule has 0 bridgehead atoms. The van der Waals surface area contributed by atoms with E-state index in [1.807, 2.05) is 42.5 Å². The fourth-order valence-corrected chi connectivity index (χ4v) is 4.50. The Kier molecular flexibility index (Phi) is 5.53. The van der Waals surface area contributed by atoms with E-state index in [9.17, 15) is 0 Å². The molecule has 0 N–H and O–H groups in total. The fourth-order valence-electron chi connectivity index (χ4n) is 4.34. The number of aromatic nitrogens is 3. The van der Waals surface area contributed by atoms with E-state index in [-0.39, 0.29) is 5.28 Å². The molecule has 6 aromatic rings. The molecule has 0 amide bonds. The summed E-state index contributed by atoms with van der Waals surface area (Å²) in [5.74, 6) is 1.10. The minimum Gasteiger partial charge on any atom is -0.208 e. The number of nitrogens with zero attached hydrogens (tertiary/aromatic N) is 3. The van der Waals surface area contributed by atoms with Crippen LogP contribution >= 0.6 is 11.6 Å². The zero-order valence-electron chi connectivity index (χ0n) is 18.8. The van der Waals surface area contributed by atoms with Crippen LogP contribution in [0.15, 0.2) is 121 Å². The van der Waals surface area contributed by atoms with Crippen LogP contribution in [-0.4, -0.2) is 15.0 Å². The smallest absolute Gasteiger partial charge is 0.208 e. The van der Waals surface area contributed by atoms with Crippen molar-refractivity contribution in [1.29, 1.82) is 0 Å². The van der Waals surface area contributed by atoms with Gasteiger partial charge < -0.3 is 0 Å². The lowest BCUT2D eigenvalue weighted by molar-refractivity contribution is 1.07. The maximum atomic E-state index is 6.34. The molecule has 0 unspecified atom stereocenters. The van der Waals surface area contributed by atoms with Crippen LogP contribution in [-0.2, 0) is 0 Å². The van der Waals surface area contributed by atoms with Crippen molar-refractivity contribution in [3.8, 4) is 45.0 Å². The molecule has 4 heteroatoms. The number of halogens is 1. The largest absolute Gasteiger partial charge is 0.226 e.